The monoisotopic (exact) mass is 466 g/mol. The Balaban J connectivity index is 1.51. The number of fused-ring (bicyclic) bond motifs is 3. The normalized spacial score (nSPS) is 21.2. The molecule has 172 valence electrons. The maximum absolute atomic E-state index is 13.4. The van der Waals surface area contributed by atoms with E-state index in [1.54, 1.807) is 24.3 Å². The van der Waals surface area contributed by atoms with E-state index in [4.69, 9.17) is 20.8 Å². The number of carbonyl (C=O) groups excluding carboxylic acids is 2. The molecule has 33 heavy (non-hydrogen) atoms. The van der Waals surface area contributed by atoms with E-state index in [0.29, 0.717) is 51.7 Å². The molecule has 0 saturated carbocycles. The van der Waals surface area contributed by atoms with E-state index in [1.807, 2.05) is 30.9 Å². The van der Waals surface area contributed by atoms with Crippen LogP contribution in [0.25, 0.3) is 11.0 Å². The van der Waals surface area contributed by atoms with E-state index in [0.717, 1.165) is 25.2 Å². The molecule has 2 aliphatic rings. The van der Waals surface area contributed by atoms with Crippen molar-refractivity contribution in [3.05, 3.63) is 63.9 Å². The molecule has 1 atom stereocenters. The highest BCUT2D eigenvalue weighted by Gasteiger charge is 2.40. The number of halogens is 1. The molecule has 0 N–H and O–H groups in total. The second-order valence-corrected chi connectivity index (χ2v) is 9.47. The summed E-state index contributed by atoms with van der Waals surface area (Å²) in [5.74, 6) is 0.667. The first-order valence-corrected chi connectivity index (χ1v) is 11.7. The van der Waals surface area contributed by atoms with Crippen LogP contribution < -0.4 is 4.74 Å². The van der Waals surface area contributed by atoms with Crippen LogP contribution >= 0.6 is 11.6 Å². The average Bonchev–Trinajstić information content (AvgIpc) is 3.15. The molecule has 3 aromatic rings. The number of hydrogen-bond acceptors (Lipinski definition) is 5. The lowest BCUT2D eigenvalue weighted by atomic mass is 9.84. The van der Waals surface area contributed by atoms with Crippen LogP contribution in [-0.4, -0.2) is 54.2 Å². The lowest BCUT2D eigenvalue weighted by molar-refractivity contribution is 0.0507. The second kappa shape index (κ2) is 8.19. The fraction of sp³-hybridized carbons (Fsp3) is 0.385. The van der Waals surface area contributed by atoms with Gasteiger partial charge in [-0.3, -0.25) is 9.59 Å². The van der Waals surface area contributed by atoms with Crippen molar-refractivity contribution in [1.29, 1.82) is 0 Å². The third kappa shape index (κ3) is 3.71. The Morgan fingerprint density at radius 1 is 1.09 bits per heavy atom. The van der Waals surface area contributed by atoms with Gasteiger partial charge < -0.3 is 19.0 Å². The van der Waals surface area contributed by atoms with Gasteiger partial charge in [0.1, 0.15) is 16.9 Å². The van der Waals surface area contributed by atoms with Crippen molar-refractivity contribution >= 4 is 34.3 Å². The van der Waals surface area contributed by atoms with Gasteiger partial charge in [-0.05, 0) is 50.2 Å². The lowest BCUT2D eigenvalue weighted by Gasteiger charge is -2.35. The van der Waals surface area contributed by atoms with Gasteiger partial charge in [-0.25, -0.2) is 0 Å². The van der Waals surface area contributed by atoms with Crippen LogP contribution in [0, 0.1) is 6.92 Å². The number of aryl methyl sites for hydroxylation is 1. The third-order valence-electron chi connectivity index (χ3n) is 6.92. The fourth-order valence-electron chi connectivity index (χ4n) is 4.94. The molecule has 2 aliphatic heterocycles. The van der Waals surface area contributed by atoms with Gasteiger partial charge in [0.15, 0.2) is 11.5 Å². The van der Waals surface area contributed by atoms with Gasteiger partial charge in [0.2, 0.25) is 0 Å². The van der Waals surface area contributed by atoms with Crippen molar-refractivity contribution < 1.29 is 18.7 Å². The number of furan rings is 1. The summed E-state index contributed by atoms with van der Waals surface area (Å²) in [6.07, 6.45) is 0.188. The van der Waals surface area contributed by atoms with Crippen molar-refractivity contribution in [2.24, 2.45) is 0 Å². The summed E-state index contributed by atoms with van der Waals surface area (Å²) in [6, 6.07) is 10.9. The number of nitrogens with zero attached hydrogens (tertiary/aromatic N) is 2. The molecule has 1 fully saturated rings. The zero-order valence-electron chi connectivity index (χ0n) is 19.1. The molecule has 1 aromatic heterocycles. The molecule has 0 radical (unpaired) electrons. The Kier molecular flexibility index (Phi) is 5.46. The highest BCUT2D eigenvalue weighted by molar-refractivity contribution is 6.30. The summed E-state index contributed by atoms with van der Waals surface area (Å²) in [6.45, 7) is 9.91. The fourth-order valence-corrected chi connectivity index (χ4v) is 5.06. The van der Waals surface area contributed by atoms with Gasteiger partial charge in [0, 0.05) is 42.2 Å². The van der Waals surface area contributed by atoms with Crippen molar-refractivity contribution in [2.45, 2.75) is 32.8 Å². The SMILES string of the molecule is CCN1CCN(C(=O)c2oc3ccc4c(c3c2C)C(=O)CC(C)(c2ccc(Cl)cc2)O4)CC1. The number of piperazine rings is 1. The summed E-state index contributed by atoms with van der Waals surface area (Å²) >= 11 is 6.04. The van der Waals surface area contributed by atoms with Crippen LogP contribution in [0.2, 0.25) is 5.02 Å². The molecule has 0 aliphatic carbocycles. The van der Waals surface area contributed by atoms with E-state index in [2.05, 4.69) is 11.8 Å². The van der Waals surface area contributed by atoms with Gasteiger partial charge in [0.25, 0.3) is 5.91 Å². The molecule has 0 bridgehead atoms. The van der Waals surface area contributed by atoms with Crippen LogP contribution in [0.15, 0.2) is 40.8 Å². The first kappa shape index (κ1) is 22.0. The number of amides is 1. The first-order valence-electron chi connectivity index (χ1n) is 11.4. The van der Waals surface area contributed by atoms with E-state index in [-0.39, 0.29) is 18.1 Å². The number of carbonyl (C=O) groups is 2. The minimum atomic E-state index is -0.794. The Morgan fingerprint density at radius 3 is 2.45 bits per heavy atom. The van der Waals surface area contributed by atoms with Gasteiger partial charge in [-0.2, -0.15) is 0 Å². The molecule has 5 rings (SSSR count). The molecule has 1 saturated heterocycles. The largest absolute Gasteiger partial charge is 0.482 e. The second-order valence-electron chi connectivity index (χ2n) is 9.03. The zero-order chi connectivity index (χ0) is 23.3. The quantitative estimate of drug-likeness (QED) is 0.540. The first-order chi connectivity index (χ1) is 15.8. The minimum absolute atomic E-state index is 0.0289. The van der Waals surface area contributed by atoms with Gasteiger partial charge in [-0.15, -0.1) is 0 Å². The number of hydrogen-bond donors (Lipinski definition) is 0. The van der Waals surface area contributed by atoms with Crippen LogP contribution in [0.5, 0.6) is 5.75 Å². The smallest absolute Gasteiger partial charge is 0.289 e. The van der Waals surface area contributed by atoms with Gasteiger partial charge in [0.05, 0.1) is 12.0 Å². The Bertz CT molecular complexity index is 1240. The zero-order valence-corrected chi connectivity index (χ0v) is 19.9. The predicted molar refractivity (Wildman–Crippen MR) is 127 cm³/mol. The topological polar surface area (TPSA) is 63.0 Å². The summed E-state index contributed by atoms with van der Waals surface area (Å²) in [5, 5.41) is 1.31. The number of Topliss-reactive ketones (excluding diaryl/α,β-unsaturated/α-hetero) is 1. The standard InChI is InChI=1S/C26H27ClN2O4/c1-4-28-11-13-29(14-12-28)25(31)24-16(2)22-20(32-24)9-10-21-23(22)19(30)15-26(3,33-21)17-5-7-18(27)8-6-17/h5-10H,4,11-15H2,1-3H3. The van der Waals surface area contributed by atoms with E-state index in [9.17, 15) is 9.59 Å². The van der Waals surface area contributed by atoms with Crippen LogP contribution in [0.3, 0.4) is 0 Å². The highest BCUT2D eigenvalue weighted by Crippen LogP contribution is 2.44. The Hall–Kier alpha value is -2.83. The highest BCUT2D eigenvalue weighted by atomic mass is 35.5. The maximum Gasteiger partial charge on any atom is 0.289 e. The van der Waals surface area contributed by atoms with Crippen LogP contribution in [0.1, 0.15) is 52.3 Å². The predicted octanol–water partition coefficient (Wildman–Crippen LogP) is 5.05. The number of likely N-dealkylation sites (N-methyl/N-ethyl adjacent to an activating group) is 1. The number of rotatable bonds is 3. The molecule has 3 heterocycles. The van der Waals surface area contributed by atoms with Crippen LogP contribution in [0.4, 0.5) is 0 Å². The molecule has 7 heteroatoms. The van der Waals surface area contributed by atoms with Crippen LogP contribution in [-0.2, 0) is 5.60 Å². The van der Waals surface area contributed by atoms with Gasteiger partial charge >= 0.3 is 0 Å². The Labute approximate surface area is 198 Å². The molecule has 2 aromatic carbocycles. The molecule has 6 nitrogen and oxygen atoms in total. The van der Waals surface area contributed by atoms with Crippen molar-refractivity contribution in [3.8, 4) is 5.75 Å². The molecular formula is C26H27ClN2O4. The lowest BCUT2D eigenvalue weighted by Crippen LogP contribution is -2.48. The molecular weight excluding hydrogens is 440 g/mol. The van der Waals surface area contributed by atoms with E-state index in [1.165, 1.54) is 0 Å². The summed E-state index contributed by atoms with van der Waals surface area (Å²) in [4.78, 5) is 30.8. The van der Waals surface area contributed by atoms with Gasteiger partial charge in [-0.1, -0.05) is 30.7 Å². The number of ether oxygens (including phenoxy) is 1. The third-order valence-corrected chi connectivity index (χ3v) is 7.18. The molecule has 1 amide bonds. The molecule has 0 spiro atoms. The number of ketones is 1. The van der Waals surface area contributed by atoms with E-state index < -0.39 is 5.60 Å². The molecule has 1 unspecified atom stereocenters. The maximum atomic E-state index is 13.4. The van der Waals surface area contributed by atoms with E-state index >= 15 is 0 Å². The average molecular weight is 467 g/mol. The Morgan fingerprint density at radius 2 is 1.79 bits per heavy atom. The minimum Gasteiger partial charge on any atom is -0.482 e. The number of benzene rings is 2. The summed E-state index contributed by atoms with van der Waals surface area (Å²) in [5.41, 5.74) is 1.81. The summed E-state index contributed by atoms with van der Waals surface area (Å²) < 4.78 is 12.4. The van der Waals surface area contributed by atoms with Crippen molar-refractivity contribution in [1.82, 2.24) is 9.80 Å². The summed E-state index contributed by atoms with van der Waals surface area (Å²) in [7, 11) is 0. The van der Waals surface area contributed by atoms with Crippen molar-refractivity contribution in [3.63, 3.8) is 0 Å². The van der Waals surface area contributed by atoms with Crippen molar-refractivity contribution in [2.75, 3.05) is 32.7 Å².